The molecule has 1 amide bonds. The van der Waals surface area contributed by atoms with Crippen molar-refractivity contribution in [1.82, 2.24) is 4.90 Å². The molecule has 0 saturated heterocycles. The molecule has 2 rings (SSSR count). The molecule has 1 unspecified atom stereocenters. The van der Waals surface area contributed by atoms with E-state index in [4.69, 9.17) is 15.3 Å². The molecule has 25 heavy (non-hydrogen) atoms. The van der Waals surface area contributed by atoms with E-state index in [-0.39, 0.29) is 18.4 Å². The van der Waals surface area contributed by atoms with Crippen LogP contribution in [0.3, 0.4) is 0 Å². The fourth-order valence-electron chi connectivity index (χ4n) is 2.39. The van der Waals surface area contributed by atoms with Gasteiger partial charge in [-0.15, -0.1) is 0 Å². The Morgan fingerprint density at radius 3 is 2.68 bits per heavy atom. The second kappa shape index (κ2) is 8.52. The third kappa shape index (κ3) is 4.83. The molecule has 0 aliphatic heterocycles. The van der Waals surface area contributed by atoms with Gasteiger partial charge in [0.05, 0.1) is 23.6 Å². The van der Waals surface area contributed by atoms with Gasteiger partial charge in [-0.1, -0.05) is 24.3 Å². The SMILES string of the molecule is CC(C#N)CN(C)C(=O)c1cccc(OCc2ccccc2C#N)c1. The van der Waals surface area contributed by atoms with Gasteiger partial charge in [-0.05, 0) is 31.2 Å². The average Bonchev–Trinajstić information content (AvgIpc) is 2.65. The van der Waals surface area contributed by atoms with E-state index in [1.165, 1.54) is 4.90 Å². The van der Waals surface area contributed by atoms with Crippen molar-refractivity contribution in [2.24, 2.45) is 5.92 Å². The first-order valence-corrected chi connectivity index (χ1v) is 7.91. The predicted molar refractivity (Wildman–Crippen MR) is 93.7 cm³/mol. The highest BCUT2D eigenvalue weighted by molar-refractivity contribution is 5.94. The molecule has 0 aromatic heterocycles. The molecule has 0 aliphatic rings. The predicted octanol–water partition coefficient (Wildman–Crippen LogP) is 3.37. The molecule has 0 radical (unpaired) electrons. The lowest BCUT2D eigenvalue weighted by Gasteiger charge is -2.18. The average molecular weight is 333 g/mol. The number of nitriles is 2. The molecule has 0 fully saturated rings. The van der Waals surface area contributed by atoms with Crippen LogP contribution in [0.1, 0.15) is 28.4 Å². The van der Waals surface area contributed by atoms with E-state index in [0.717, 1.165) is 5.56 Å². The first-order chi connectivity index (χ1) is 12.0. The van der Waals surface area contributed by atoms with Gasteiger partial charge >= 0.3 is 0 Å². The Morgan fingerprint density at radius 2 is 1.96 bits per heavy atom. The number of hydrogen-bond donors (Lipinski definition) is 0. The van der Waals surface area contributed by atoms with Crippen LogP contribution in [-0.4, -0.2) is 24.4 Å². The molecule has 126 valence electrons. The normalized spacial score (nSPS) is 11.0. The lowest BCUT2D eigenvalue weighted by molar-refractivity contribution is 0.0784. The number of amides is 1. The Bertz CT molecular complexity index is 833. The molecular formula is C20H19N3O2. The highest BCUT2D eigenvalue weighted by Gasteiger charge is 2.15. The van der Waals surface area contributed by atoms with Crippen molar-refractivity contribution in [1.29, 1.82) is 10.5 Å². The summed E-state index contributed by atoms with van der Waals surface area (Å²) in [5.41, 5.74) is 1.86. The molecule has 5 heteroatoms. The van der Waals surface area contributed by atoms with Crippen LogP contribution < -0.4 is 4.74 Å². The number of hydrogen-bond acceptors (Lipinski definition) is 4. The molecule has 1 atom stereocenters. The molecule has 0 N–H and O–H groups in total. The topological polar surface area (TPSA) is 77.1 Å². The smallest absolute Gasteiger partial charge is 0.253 e. The van der Waals surface area contributed by atoms with E-state index in [9.17, 15) is 4.79 Å². The van der Waals surface area contributed by atoms with Gasteiger partial charge in [0.25, 0.3) is 5.91 Å². The molecule has 0 spiro atoms. The monoisotopic (exact) mass is 333 g/mol. The number of ether oxygens (including phenoxy) is 1. The Morgan fingerprint density at radius 1 is 1.20 bits per heavy atom. The van der Waals surface area contributed by atoms with Crippen LogP contribution in [-0.2, 0) is 6.61 Å². The quantitative estimate of drug-likeness (QED) is 0.812. The second-order valence-electron chi connectivity index (χ2n) is 5.80. The van der Waals surface area contributed by atoms with Crippen LogP contribution in [0.5, 0.6) is 5.75 Å². The van der Waals surface area contributed by atoms with Crippen LogP contribution in [0, 0.1) is 28.6 Å². The molecule has 5 nitrogen and oxygen atoms in total. The third-order valence-corrected chi connectivity index (χ3v) is 3.73. The molecule has 0 heterocycles. The number of carbonyl (C=O) groups is 1. The van der Waals surface area contributed by atoms with Gasteiger partial charge < -0.3 is 9.64 Å². The fourth-order valence-corrected chi connectivity index (χ4v) is 2.39. The maximum Gasteiger partial charge on any atom is 0.253 e. The molecule has 0 bridgehead atoms. The lowest BCUT2D eigenvalue weighted by atomic mass is 10.1. The maximum atomic E-state index is 12.4. The zero-order chi connectivity index (χ0) is 18.2. The third-order valence-electron chi connectivity index (χ3n) is 3.73. The van der Waals surface area contributed by atoms with Crippen LogP contribution >= 0.6 is 0 Å². The number of nitrogens with zero attached hydrogens (tertiary/aromatic N) is 3. The van der Waals surface area contributed by atoms with Crippen molar-refractivity contribution in [2.45, 2.75) is 13.5 Å². The minimum Gasteiger partial charge on any atom is -0.489 e. The highest BCUT2D eigenvalue weighted by Crippen LogP contribution is 2.18. The summed E-state index contributed by atoms with van der Waals surface area (Å²) >= 11 is 0. The van der Waals surface area contributed by atoms with Crippen molar-refractivity contribution < 1.29 is 9.53 Å². The minimum absolute atomic E-state index is 0.162. The van der Waals surface area contributed by atoms with Crippen LogP contribution in [0.4, 0.5) is 0 Å². The maximum absolute atomic E-state index is 12.4. The number of benzene rings is 2. The van der Waals surface area contributed by atoms with Gasteiger partial charge in [0.2, 0.25) is 0 Å². The summed E-state index contributed by atoms with van der Waals surface area (Å²) in [5, 5.41) is 18.0. The van der Waals surface area contributed by atoms with Crippen LogP contribution in [0.25, 0.3) is 0 Å². The van der Waals surface area contributed by atoms with Crippen molar-refractivity contribution >= 4 is 5.91 Å². The second-order valence-corrected chi connectivity index (χ2v) is 5.80. The van der Waals surface area contributed by atoms with E-state index in [2.05, 4.69) is 12.1 Å². The molecule has 0 aliphatic carbocycles. The van der Waals surface area contributed by atoms with Gasteiger partial charge in [-0.25, -0.2) is 0 Å². The van der Waals surface area contributed by atoms with Crippen molar-refractivity contribution in [3.63, 3.8) is 0 Å². The van der Waals surface area contributed by atoms with E-state index in [1.54, 1.807) is 50.4 Å². The van der Waals surface area contributed by atoms with Gasteiger partial charge in [-0.3, -0.25) is 4.79 Å². The van der Waals surface area contributed by atoms with Gasteiger partial charge in [0, 0.05) is 24.7 Å². The summed E-state index contributed by atoms with van der Waals surface area (Å²) < 4.78 is 5.73. The molecule has 2 aromatic rings. The van der Waals surface area contributed by atoms with Gasteiger partial charge in [0.15, 0.2) is 0 Å². The Balaban J connectivity index is 2.07. The first-order valence-electron chi connectivity index (χ1n) is 7.91. The Labute approximate surface area is 147 Å². The molecular weight excluding hydrogens is 314 g/mol. The van der Waals surface area contributed by atoms with E-state index in [1.807, 2.05) is 12.1 Å². The Hall–Kier alpha value is -3.31. The first kappa shape index (κ1) is 18.0. The Kier molecular flexibility index (Phi) is 6.14. The van der Waals surface area contributed by atoms with Crippen LogP contribution in [0.2, 0.25) is 0 Å². The van der Waals surface area contributed by atoms with Crippen molar-refractivity contribution in [2.75, 3.05) is 13.6 Å². The van der Waals surface area contributed by atoms with Crippen LogP contribution in [0.15, 0.2) is 48.5 Å². The largest absolute Gasteiger partial charge is 0.489 e. The zero-order valence-corrected chi connectivity index (χ0v) is 14.3. The lowest BCUT2D eigenvalue weighted by Crippen LogP contribution is -2.30. The number of carbonyl (C=O) groups excluding carboxylic acids is 1. The summed E-state index contributed by atoms with van der Waals surface area (Å²) in [7, 11) is 1.67. The molecule has 2 aromatic carbocycles. The summed E-state index contributed by atoms with van der Waals surface area (Å²) in [6.45, 7) is 2.40. The van der Waals surface area contributed by atoms with Gasteiger partial charge in [-0.2, -0.15) is 10.5 Å². The van der Waals surface area contributed by atoms with E-state index >= 15 is 0 Å². The standard InChI is InChI=1S/C20H19N3O2/c1-15(11-21)13-23(2)20(24)16-8-5-9-19(10-16)25-14-18-7-4-3-6-17(18)12-22/h3-10,15H,13-14H2,1-2H3. The summed E-state index contributed by atoms with van der Waals surface area (Å²) in [6.07, 6.45) is 0. The minimum atomic E-state index is -0.226. The highest BCUT2D eigenvalue weighted by atomic mass is 16.5. The zero-order valence-electron chi connectivity index (χ0n) is 14.3. The van der Waals surface area contributed by atoms with Gasteiger partial charge in [0.1, 0.15) is 12.4 Å². The summed E-state index contributed by atoms with van der Waals surface area (Å²) in [4.78, 5) is 14.0. The summed E-state index contributed by atoms with van der Waals surface area (Å²) in [5.74, 6) is 0.168. The van der Waals surface area contributed by atoms with E-state index in [0.29, 0.717) is 23.4 Å². The number of rotatable bonds is 6. The summed E-state index contributed by atoms with van der Waals surface area (Å²) in [6, 6.07) is 18.4. The van der Waals surface area contributed by atoms with Crippen molar-refractivity contribution in [3.8, 4) is 17.9 Å². The fraction of sp³-hybridized carbons (Fsp3) is 0.250. The van der Waals surface area contributed by atoms with Crippen molar-refractivity contribution in [3.05, 3.63) is 65.2 Å². The molecule has 0 saturated carbocycles. The van der Waals surface area contributed by atoms with E-state index < -0.39 is 0 Å².